The zero-order valence-electron chi connectivity index (χ0n) is 7.62. The van der Waals surface area contributed by atoms with Gasteiger partial charge in [0.15, 0.2) is 0 Å². The molecule has 1 atom stereocenters. The number of ether oxygens (including phenoxy) is 2. The smallest absolute Gasteiger partial charge is 0.309 e. The van der Waals surface area contributed by atoms with E-state index in [4.69, 9.17) is 4.74 Å². The summed E-state index contributed by atoms with van der Waals surface area (Å²) in [6.45, 7) is 3.16. The van der Waals surface area contributed by atoms with Crippen LogP contribution in [0.25, 0.3) is 0 Å². The van der Waals surface area contributed by atoms with Crippen LogP contribution < -0.4 is 0 Å². The van der Waals surface area contributed by atoms with Gasteiger partial charge in [-0.1, -0.05) is 6.92 Å². The second-order valence-corrected chi connectivity index (χ2v) is 2.42. The molecular weight excluding hydrogens is 160 g/mol. The minimum atomic E-state index is -0.370. The van der Waals surface area contributed by atoms with Crippen molar-refractivity contribution in [1.29, 1.82) is 0 Å². The van der Waals surface area contributed by atoms with E-state index in [1.807, 2.05) is 6.92 Å². The molecule has 0 aliphatic rings. The van der Waals surface area contributed by atoms with Crippen molar-refractivity contribution in [3.8, 4) is 0 Å². The molecule has 4 heteroatoms. The zero-order chi connectivity index (χ0) is 9.56. The maximum absolute atomic E-state index is 10.7. The summed E-state index contributed by atoms with van der Waals surface area (Å²) in [5.41, 5.74) is 0. The van der Waals surface area contributed by atoms with Crippen molar-refractivity contribution < 1.29 is 19.1 Å². The Morgan fingerprint density at radius 2 is 2.00 bits per heavy atom. The highest BCUT2D eigenvalue weighted by atomic mass is 16.6. The molecule has 4 nitrogen and oxygen atoms in total. The Bertz CT molecular complexity index is 164. The Morgan fingerprint density at radius 1 is 1.42 bits per heavy atom. The van der Waals surface area contributed by atoms with Crippen molar-refractivity contribution >= 4 is 11.9 Å². The van der Waals surface area contributed by atoms with Crippen LogP contribution in [0.4, 0.5) is 0 Å². The molecule has 0 aromatic rings. The maximum Gasteiger partial charge on any atom is 0.309 e. The number of hydrogen-bond donors (Lipinski definition) is 0. The Hall–Kier alpha value is -1.06. The normalized spacial score (nSPS) is 11.9. The largest absolute Gasteiger partial charge is 0.469 e. The first kappa shape index (κ1) is 10.9. The second kappa shape index (κ2) is 5.57. The minimum Gasteiger partial charge on any atom is -0.469 e. The van der Waals surface area contributed by atoms with E-state index in [1.54, 1.807) is 0 Å². The Kier molecular flexibility index (Phi) is 5.08. The Morgan fingerprint density at radius 3 is 2.33 bits per heavy atom. The van der Waals surface area contributed by atoms with Gasteiger partial charge in [-0.25, -0.2) is 0 Å². The number of carbonyl (C=O) groups excluding carboxylic acids is 2. The number of methoxy groups -OCH3 is 1. The van der Waals surface area contributed by atoms with Crippen LogP contribution in [-0.4, -0.2) is 25.2 Å². The van der Waals surface area contributed by atoms with Gasteiger partial charge < -0.3 is 9.47 Å². The molecule has 0 radical (unpaired) electrons. The van der Waals surface area contributed by atoms with Crippen molar-refractivity contribution in [2.24, 2.45) is 0 Å². The van der Waals surface area contributed by atoms with Crippen LogP contribution in [-0.2, 0) is 19.1 Å². The molecule has 0 heterocycles. The lowest BCUT2D eigenvalue weighted by Crippen LogP contribution is -2.20. The highest BCUT2D eigenvalue weighted by Gasteiger charge is 2.14. The second-order valence-electron chi connectivity index (χ2n) is 2.42. The predicted molar refractivity (Wildman–Crippen MR) is 42.5 cm³/mol. The number of carbonyl (C=O) groups is 2. The van der Waals surface area contributed by atoms with Gasteiger partial charge in [0.1, 0.15) is 6.10 Å². The molecule has 0 unspecified atom stereocenters. The van der Waals surface area contributed by atoms with Crippen LogP contribution in [0.2, 0.25) is 0 Å². The molecule has 0 saturated heterocycles. The van der Waals surface area contributed by atoms with Gasteiger partial charge in [0.05, 0.1) is 13.5 Å². The van der Waals surface area contributed by atoms with Gasteiger partial charge in [-0.15, -0.1) is 0 Å². The quantitative estimate of drug-likeness (QED) is 0.594. The highest BCUT2D eigenvalue weighted by Crippen LogP contribution is 2.04. The first-order valence-electron chi connectivity index (χ1n) is 3.84. The molecule has 0 amide bonds. The topological polar surface area (TPSA) is 52.6 Å². The molecule has 0 aliphatic carbocycles. The van der Waals surface area contributed by atoms with Gasteiger partial charge >= 0.3 is 11.9 Å². The van der Waals surface area contributed by atoms with E-state index in [0.717, 1.165) is 0 Å². The lowest BCUT2D eigenvalue weighted by Gasteiger charge is -2.12. The summed E-state index contributed by atoms with van der Waals surface area (Å²) in [7, 11) is 1.31. The molecule has 0 rings (SSSR count). The third kappa shape index (κ3) is 4.71. The summed E-state index contributed by atoms with van der Waals surface area (Å²) in [5, 5.41) is 0. The number of hydrogen-bond acceptors (Lipinski definition) is 4. The van der Waals surface area contributed by atoms with Crippen molar-refractivity contribution in [3.63, 3.8) is 0 Å². The monoisotopic (exact) mass is 174 g/mol. The van der Waals surface area contributed by atoms with Gasteiger partial charge in [0, 0.05) is 6.92 Å². The third-order valence-electron chi connectivity index (χ3n) is 1.41. The van der Waals surface area contributed by atoms with Crippen molar-refractivity contribution in [2.45, 2.75) is 32.8 Å². The van der Waals surface area contributed by atoms with E-state index in [2.05, 4.69) is 4.74 Å². The number of rotatable bonds is 4. The maximum atomic E-state index is 10.7. The predicted octanol–water partition coefficient (Wildman–Crippen LogP) is 0.891. The molecule has 0 bridgehead atoms. The third-order valence-corrected chi connectivity index (χ3v) is 1.41. The van der Waals surface area contributed by atoms with Crippen LogP contribution in [0.5, 0.6) is 0 Å². The lowest BCUT2D eigenvalue weighted by atomic mass is 10.2. The average Bonchev–Trinajstić information content (AvgIpc) is 2.02. The van der Waals surface area contributed by atoms with E-state index in [0.29, 0.717) is 6.42 Å². The zero-order valence-corrected chi connectivity index (χ0v) is 7.62. The minimum absolute atomic E-state index is 0.132. The summed E-state index contributed by atoms with van der Waals surface area (Å²) in [4.78, 5) is 21.3. The van der Waals surface area contributed by atoms with Crippen molar-refractivity contribution in [1.82, 2.24) is 0 Å². The summed E-state index contributed by atoms with van der Waals surface area (Å²) in [5.74, 6) is -0.728. The first-order chi connectivity index (χ1) is 5.60. The van der Waals surface area contributed by atoms with Crippen LogP contribution in [0.3, 0.4) is 0 Å². The van der Waals surface area contributed by atoms with Gasteiger partial charge in [0.25, 0.3) is 0 Å². The molecule has 0 N–H and O–H groups in total. The van der Waals surface area contributed by atoms with E-state index in [1.165, 1.54) is 14.0 Å². The summed E-state index contributed by atoms with van der Waals surface area (Å²) < 4.78 is 9.27. The molecule has 0 aromatic heterocycles. The van der Waals surface area contributed by atoms with Crippen LogP contribution in [0, 0.1) is 0 Å². The lowest BCUT2D eigenvalue weighted by molar-refractivity contribution is -0.152. The molecule has 70 valence electrons. The summed E-state index contributed by atoms with van der Waals surface area (Å²) in [6.07, 6.45) is 0.399. The molecule has 0 saturated carbocycles. The molecule has 0 aliphatic heterocycles. The standard InChI is InChI=1S/C8H14O4/c1-4-7(12-6(2)9)5-8(10)11-3/h7H,4-5H2,1-3H3/t7-/m1/s1. The van der Waals surface area contributed by atoms with Crippen LogP contribution >= 0.6 is 0 Å². The summed E-state index contributed by atoms with van der Waals surface area (Å²) >= 11 is 0. The van der Waals surface area contributed by atoms with Gasteiger partial charge in [-0.05, 0) is 6.42 Å². The van der Waals surface area contributed by atoms with Gasteiger partial charge in [-0.3, -0.25) is 9.59 Å². The molecule has 0 aromatic carbocycles. The fourth-order valence-electron chi connectivity index (χ4n) is 0.773. The Balaban J connectivity index is 3.82. The van der Waals surface area contributed by atoms with E-state index < -0.39 is 0 Å². The summed E-state index contributed by atoms with van der Waals surface area (Å²) in [6, 6.07) is 0. The molecule has 12 heavy (non-hydrogen) atoms. The number of esters is 2. The van der Waals surface area contributed by atoms with Gasteiger partial charge in [-0.2, -0.15) is 0 Å². The van der Waals surface area contributed by atoms with Crippen molar-refractivity contribution in [2.75, 3.05) is 7.11 Å². The molecular formula is C8H14O4. The van der Waals surface area contributed by atoms with Crippen molar-refractivity contribution in [3.05, 3.63) is 0 Å². The first-order valence-corrected chi connectivity index (χ1v) is 3.84. The van der Waals surface area contributed by atoms with Crippen LogP contribution in [0.15, 0.2) is 0 Å². The molecule has 0 fully saturated rings. The fourth-order valence-corrected chi connectivity index (χ4v) is 0.773. The Labute approximate surface area is 71.8 Å². The van der Waals surface area contributed by atoms with E-state index in [9.17, 15) is 9.59 Å². The highest BCUT2D eigenvalue weighted by molar-refractivity contribution is 5.71. The average molecular weight is 174 g/mol. The van der Waals surface area contributed by atoms with Gasteiger partial charge in [0.2, 0.25) is 0 Å². The van der Waals surface area contributed by atoms with Crippen LogP contribution in [0.1, 0.15) is 26.7 Å². The SMILES string of the molecule is CC[C@H](CC(=O)OC)OC(C)=O. The molecule has 0 spiro atoms. The van der Waals surface area contributed by atoms with E-state index >= 15 is 0 Å². The van der Waals surface area contributed by atoms with E-state index in [-0.39, 0.29) is 24.5 Å². The fraction of sp³-hybridized carbons (Fsp3) is 0.750.